The number of H-pyrrole nitrogens is 1. The smallest absolute Gasteiger partial charge is 0.258 e. The summed E-state index contributed by atoms with van der Waals surface area (Å²) in [6, 6.07) is 7.46. The summed E-state index contributed by atoms with van der Waals surface area (Å²) < 4.78 is 5.12. The summed E-state index contributed by atoms with van der Waals surface area (Å²) in [7, 11) is 1.73. The summed E-state index contributed by atoms with van der Waals surface area (Å²) in [4.78, 5) is 24.3. The van der Waals surface area contributed by atoms with Crippen LogP contribution in [0.15, 0.2) is 29.1 Å². The van der Waals surface area contributed by atoms with E-state index in [2.05, 4.69) is 19.8 Å². The number of hydrogen-bond donors (Lipinski definition) is 1. The van der Waals surface area contributed by atoms with Crippen LogP contribution in [0, 0.1) is 0 Å². The van der Waals surface area contributed by atoms with Crippen LogP contribution in [0.5, 0.6) is 0 Å². The molecule has 1 aromatic carbocycles. The van der Waals surface area contributed by atoms with Gasteiger partial charge in [-0.15, -0.1) is 0 Å². The Labute approximate surface area is 129 Å². The molecule has 0 radical (unpaired) electrons. The van der Waals surface area contributed by atoms with Crippen molar-refractivity contribution in [3.8, 4) is 0 Å². The second kappa shape index (κ2) is 7.00. The molecule has 0 saturated carbocycles. The van der Waals surface area contributed by atoms with E-state index < -0.39 is 0 Å². The highest BCUT2D eigenvalue weighted by atomic mass is 16.5. The van der Waals surface area contributed by atoms with Crippen molar-refractivity contribution >= 4 is 10.9 Å². The summed E-state index contributed by atoms with van der Waals surface area (Å²) in [6.45, 7) is 6.48. The van der Waals surface area contributed by atoms with Crippen LogP contribution in [-0.2, 0) is 11.3 Å². The van der Waals surface area contributed by atoms with Crippen LogP contribution in [0.4, 0.5) is 0 Å². The molecule has 1 aliphatic heterocycles. The van der Waals surface area contributed by atoms with Crippen molar-refractivity contribution in [2.24, 2.45) is 0 Å². The van der Waals surface area contributed by atoms with Crippen LogP contribution in [-0.4, -0.2) is 66.2 Å². The number of nitrogens with one attached hydrogen (secondary N) is 1. The fourth-order valence-corrected chi connectivity index (χ4v) is 2.81. The first-order chi connectivity index (χ1) is 10.8. The third-order valence-electron chi connectivity index (χ3n) is 4.11. The normalized spacial score (nSPS) is 17.1. The highest BCUT2D eigenvalue weighted by Crippen LogP contribution is 2.09. The first kappa shape index (κ1) is 15.1. The maximum Gasteiger partial charge on any atom is 0.258 e. The van der Waals surface area contributed by atoms with Gasteiger partial charge in [-0.2, -0.15) is 0 Å². The maximum absolute atomic E-state index is 12.1. The van der Waals surface area contributed by atoms with Crippen LogP contribution < -0.4 is 5.56 Å². The summed E-state index contributed by atoms with van der Waals surface area (Å²) in [6.07, 6.45) is 0. The van der Waals surface area contributed by atoms with Crippen molar-refractivity contribution < 1.29 is 4.74 Å². The van der Waals surface area contributed by atoms with Gasteiger partial charge in [-0.3, -0.25) is 14.6 Å². The van der Waals surface area contributed by atoms with Gasteiger partial charge in [0.2, 0.25) is 0 Å². The second-order valence-electron chi connectivity index (χ2n) is 5.64. The van der Waals surface area contributed by atoms with Crippen LogP contribution in [0.1, 0.15) is 5.82 Å². The molecular weight excluding hydrogens is 280 g/mol. The third-order valence-corrected chi connectivity index (χ3v) is 4.11. The van der Waals surface area contributed by atoms with Gasteiger partial charge in [0.05, 0.1) is 24.1 Å². The Kier molecular flexibility index (Phi) is 4.82. The van der Waals surface area contributed by atoms with Gasteiger partial charge in [0, 0.05) is 39.8 Å². The highest BCUT2D eigenvalue weighted by molar-refractivity contribution is 5.77. The molecule has 1 saturated heterocycles. The molecule has 6 heteroatoms. The SMILES string of the molecule is COCCN1CCN(Cc2nc3ccccc3c(=O)[nH]2)CC1. The van der Waals surface area contributed by atoms with E-state index in [0.717, 1.165) is 50.7 Å². The number of ether oxygens (including phenoxy) is 1. The molecule has 0 spiro atoms. The number of aromatic nitrogens is 2. The van der Waals surface area contributed by atoms with Crippen molar-refractivity contribution in [1.29, 1.82) is 0 Å². The predicted molar refractivity (Wildman–Crippen MR) is 86.0 cm³/mol. The van der Waals surface area contributed by atoms with Gasteiger partial charge in [-0.25, -0.2) is 4.98 Å². The van der Waals surface area contributed by atoms with E-state index in [1.807, 2.05) is 18.2 Å². The molecule has 2 heterocycles. The maximum atomic E-state index is 12.1. The topological polar surface area (TPSA) is 61.5 Å². The van der Waals surface area contributed by atoms with Crippen molar-refractivity contribution in [1.82, 2.24) is 19.8 Å². The third kappa shape index (κ3) is 3.52. The number of aromatic amines is 1. The number of piperazine rings is 1. The minimum Gasteiger partial charge on any atom is -0.383 e. The van der Waals surface area contributed by atoms with Gasteiger partial charge < -0.3 is 9.72 Å². The van der Waals surface area contributed by atoms with Gasteiger partial charge >= 0.3 is 0 Å². The molecule has 118 valence electrons. The van der Waals surface area contributed by atoms with E-state index >= 15 is 0 Å². The summed E-state index contributed by atoms with van der Waals surface area (Å²) in [5, 5.41) is 0.649. The number of benzene rings is 1. The molecular formula is C16H22N4O2. The second-order valence-corrected chi connectivity index (χ2v) is 5.64. The zero-order valence-corrected chi connectivity index (χ0v) is 12.9. The predicted octanol–water partition coefficient (Wildman–Crippen LogP) is 0.687. The fourth-order valence-electron chi connectivity index (χ4n) is 2.81. The number of nitrogens with zero attached hydrogens (tertiary/aromatic N) is 3. The Morgan fingerprint density at radius 1 is 1.18 bits per heavy atom. The van der Waals surface area contributed by atoms with Crippen LogP contribution in [0.2, 0.25) is 0 Å². The molecule has 1 aromatic heterocycles. The standard InChI is InChI=1S/C16H22N4O2/c1-22-11-10-19-6-8-20(9-7-19)12-15-17-14-5-3-2-4-13(14)16(21)18-15/h2-5H,6-12H2,1H3,(H,17,18,21). The van der Waals surface area contributed by atoms with E-state index in [-0.39, 0.29) is 5.56 Å². The van der Waals surface area contributed by atoms with E-state index in [9.17, 15) is 4.79 Å². The summed E-state index contributed by atoms with van der Waals surface area (Å²) >= 11 is 0. The van der Waals surface area contributed by atoms with Crippen molar-refractivity contribution in [2.75, 3.05) is 46.4 Å². The van der Waals surface area contributed by atoms with Crippen molar-refractivity contribution in [3.63, 3.8) is 0 Å². The number of para-hydroxylation sites is 1. The van der Waals surface area contributed by atoms with Gasteiger partial charge in [-0.1, -0.05) is 12.1 Å². The van der Waals surface area contributed by atoms with E-state index in [4.69, 9.17) is 4.74 Å². The Morgan fingerprint density at radius 2 is 1.91 bits per heavy atom. The molecule has 1 aliphatic rings. The molecule has 6 nitrogen and oxygen atoms in total. The Morgan fingerprint density at radius 3 is 2.68 bits per heavy atom. The lowest BCUT2D eigenvalue weighted by Gasteiger charge is -2.34. The van der Waals surface area contributed by atoms with E-state index in [1.54, 1.807) is 13.2 Å². The molecule has 3 rings (SSSR count). The molecule has 0 amide bonds. The molecule has 1 fully saturated rings. The zero-order chi connectivity index (χ0) is 15.4. The van der Waals surface area contributed by atoms with Crippen LogP contribution in [0.25, 0.3) is 10.9 Å². The molecule has 0 atom stereocenters. The molecule has 0 bridgehead atoms. The Hall–Kier alpha value is -1.76. The molecule has 2 aromatic rings. The highest BCUT2D eigenvalue weighted by Gasteiger charge is 2.17. The van der Waals surface area contributed by atoms with Gasteiger partial charge in [0.15, 0.2) is 0 Å². The Bertz CT molecular complexity index is 677. The number of hydrogen-bond acceptors (Lipinski definition) is 5. The average molecular weight is 302 g/mol. The molecule has 0 unspecified atom stereocenters. The van der Waals surface area contributed by atoms with Gasteiger partial charge in [-0.05, 0) is 12.1 Å². The lowest BCUT2D eigenvalue weighted by Crippen LogP contribution is -2.47. The minimum atomic E-state index is -0.0562. The number of fused-ring (bicyclic) bond motifs is 1. The van der Waals surface area contributed by atoms with Crippen molar-refractivity contribution in [2.45, 2.75) is 6.54 Å². The number of rotatable bonds is 5. The van der Waals surface area contributed by atoms with Gasteiger partial charge in [0.1, 0.15) is 5.82 Å². The lowest BCUT2D eigenvalue weighted by molar-refractivity contribution is 0.0926. The van der Waals surface area contributed by atoms with Gasteiger partial charge in [0.25, 0.3) is 5.56 Å². The van der Waals surface area contributed by atoms with E-state index in [1.165, 1.54) is 0 Å². The van der Waals surface area contributed by atoms with Crippen molar-refractivity contribution in [3.05, 3.63) is 40.4 Å². The number of methoxy groups -OCH3 is 1. The van der Waals surface area contributed by atoms with E-state index in [0.29, 0.717) is 11.9 Å². The quantitative estimate of drug-likeness (QED) is 0.880. The van der Waals surface area contributed by atoms with Crippen LogP contribution in [0.3, 0.4) is 0 Å². The first-order valence-electron chi connectivity index (χ1n) is 7.68. The zero-order valence-electron chi connectivity index (χ0n) is 12.9. The molecule has 22 heavy (non-hydrogen) atoms. The fraction of sp³-hybridized carbons (Fsp3) is 0.500. The largest absolute Gasteiger partial charge is 0.383 e. The summed E-state index contributed by atoms with van der Waals surface area (Å²) in [5.74, 6) is 0.744. The summed E-state index contributed by atoms with van der Waals surface area (Å²) in [5.41, 5.74) is 0.708. The molecule has 0 aliphatic carbocycles. The van der Waals surface area contributed by atoms with Crippen LogP contribution >= 0.6 is 0 Å². The lowest BCUT2D eigenvalue weighted by atomic mass is 10.2. The Balaban J connectivity index is 1.63. The average Bonchev–Trinajstić information content (AvgIpc) is 2.54. The monoisotopic (exact) mass is 302 g/mol. The first-order valence-corrected chi connectivity index (χ1v) is 7.68. The minimum absolute atomic E-state index is 0.0562. The molecule has 1 N–H and O–H groups in total.